The van der Waals surface area contributed by atoms with Crippen LogP contribution in [0.1, 0.15) is 33.1 Å². The summed E-state index contributed by atoms with van der Waals surface area (Å²) in [6.07, 6.45) is 2.93. The summed E-state index contributed by atoms with van der Waals surface area (Å²) in [6.45, 7) is 6.61. The highest BCUT2D eigenvalue weighted by molar-refractivity contribution is 5.86. The highest BCUT2D eigenvalue weighted by atomic mass is 16.5. The summed E-state index contributed by atoms with van der Waals surface area (Å²) in [4.78, 5) is 14.3. The Labute approximate surface area is 105 Å². The van der Waals surface area contributed by atoms with Crippen molar-refractivity contribution in [2.45, 2.75) is 38.6 Å². The predicted octanol–water partition coefficient (Wildman–Crippen LogP) is 1.26. The Hall–Kier alpha value is -0.610. The molecule has 0 unspecified atom stereocenters. The topological polar surface area (TPSA) is 41.6 Å². The van der Waals surface area contributed by atoms with E-state index in [9.17, 15) is 4.79 Å². The largest absolute Gasteiger partial charge is 0.384 e. The molecule has 1 aliphatic heterocycles. The van der Waals surface area contributed by atoms with E-state index in [1.54, 1.807) is 7.11 Å². The molecule has 0 saturated carbocycles. The van der Waals surface area contributed by atoms with Gasteiger partial charge in [0.05, 0.1) is 12.1 Å². The molecule has 1 amide bonds. The number of methoxy groups -OCH3 is 1. The summed E-state index contributed by atoms with van der Waals surface area (Å²) in [5, 5.41) is 3.38. The average molecular weight is 242 g/mol. The van der Waals surface area contributed by atoms with Crippen LogP contribution in [0, 0.1) is 5.92 Å². The number of ether oxygens (including phenoxy) is 1. The van der Waals surface area contributed by atoms with Gasteiger partial charge in [-0.05, 0) is 31.7 Å². The minimum absolute atomic E-state index is 0.237. The minimum atomic E-state index is -0.304. The molecule has 1 saturated heterocycles. The van der Waals surface area contributed by atoms with Crippen LogP contribution in [0.4, 0.5) is 0 Å². The first-order valence-corrected chi connectivity index (χ1v) is 6.55. The molecule has 2 atom stereocenters. The zero-order valence-corrected chi connectivity index (χ0v) is 11.6. The second-order valence-electron chi connectivity index (χ2n) is 5.21. The van der Waals surface area contributed by atoms with Crippen molar-refractivity contribution in [2.75, 3.05) is 33.9 Å². The van der Waals surface area contributed by atoms with E-state index >= 15 is 0 Å². The molecular weight excluding hydrogens is 216 g/mol. The molecule has 0 aromatic rings. The number of rotatable bonds is 6. The van der Waals surface area contributed by atoms with Crippen LogP contribution in [0.5, 0.6) is 0 Å². The van der Waals surface area contributed by atoms with Gasteiger partial charge in [-0.3, -0.25) is 4.79 Å². The highest BCUT2D eigenvalue weighted by Crippen LogP contribution is 2.25. The third kappa shape index (κ3) is 3.42. The first kappa shape index (κ1) is 14.5. The van der Waals surface area contributed by atoms with Gasteiger partial charge < -0.3 is 15.0 Å². The fourth-order valence-corrected chi connectivity index (χ4v) is 2.69. The Balaban J connectivity index is 2.55. The van der Waals surface area contributed by atoms with Crippen LogP contribution in [-0.2, 0) is 9.53 Å². The van der Waals surface area contributed by atoms with Gasteiger partial charge in [0.1, 0.15) is 0 Å². The van der Waals surface area contributed by atoms with Crippen LogP contribution in [0.15, 0.2) is 0 Å². The zero-order chi connectivity index (χ0) is 12.9. The van der Waals surface area contributed by atoms with Crippen LogP contribution in [-0.4, -0.2) is 50.2 Å². The third-order valence-electron chi connectivity index (χ3n) is 3.64. The zero-order valence-electron chi connectivity index (χ0n) is 11.6. The lowest BCUT2D eigenvalue weighted by Crippen LogP contribution is -2.54. The first-order chi connectivity index (χ1) is 8.05. The maximum absolute atomic E-state index is 12.5. The summed E-state index contributed by atoms with van der Waals surface area (Å²) in [6, 6.07) is 0. The van der Waals surface area contributed by atoms with E-state index in [0.29, 0.717) is 12.5 Å². The van der Waals surface area contributed by atoms with Crippen molar-refractivity contribution in [1.29, 1.82) is 0 Å². The molecule has 1 heterocycles. The molecule has 0 aliphatic carbocycles. The molecule has 0 bridgehead atoms. The monoisotopic (exact) mass is 242 g/mol. The van der Waals surface area contributed by atoms with E-state index in [1.165, 1.54) is 0 Å². The van der Waals surface area contributed by atoms with E-state index in [1.807, 2.05) is 11.9 Å². The van der Waals surface area contributed by atoms with E-state index in [-0.39, 0.29) is 11.4 Å². The van der Waals surface area contributed by atoms with Gasteiger partial charge in [-0.2, -0.15) is 0 Å². The number of amides is 1. The molecule has 4 nitrogen and oxygen atoms in total. The van der Waals surface area contributed by atoms with Gasteiger partial charge in [-0.25, -0.2) is 0 Å². The van der Waals surface area contributed by atoms with Crippen LogP contribution in [0.25, 0.3) is 0 Å². The van der Waals surface area contributed by atoms with Gasteiger partial charge >= 0.3 is 0 Å². The van der Waals surface area contributed by atoms with Gasteiger partial charge in [0.15, 0.2) is 0 Å². The number of hydrogen-bond acceptors (Lipinski definition) is 3. The molecule has 100 valence electrons. The Bertz CT molecular complexity index is 250. The molecule has 1 rings (SSSR count). The quantitative estimate of drug-likeness (QED) is 0.762. The Morgan fingerprint density at radius 1 is 1.59 bits per heavy atom. The second kappa shape index (κ2) is 6.36. The van der Waals surface area contributed by atoms with Crippen molar-refractivity contribution in [3.63, 3.8) is 0 Å². The highest BCUT2D eigenvalue weighted by Gasteiger charge is 2.40. The number of carbonyl (C=O) groups is 1. The van der Waals surface area contributed by atoms with E-state index in [2.05, 4.69) is 19.2 Å². The van der Waals surface area contributed by atoms with Crippen molar-refractivity contribution in [2.24, 2.45) is 5.92 Å². The van der Waals surface area contributed by atoms with Crippen molar-refractivity contribution in [3.05, 3.63) is 0 Å². The summed E-state index contributed by atoms with van der Waals surface area (Å²) in [7, 11) is 3.59. The lowest BCUT2D eigenvalue weighted by atomic mass is 9.92. The molecule has 1 N–H and O–H groups in total. The predicted molar refractivity (Wildman–Crippen MR) is 68.9 cm³/mol. The molecule has 1 aliphatic rings. The van der Waals surface area contributed by atoms with Crippen LogP contribution in [0.3, 0.4) is 0 Å². The standard InChI is InChI=1S/C13H26N2O2/c1-5-13(7-6-8-14-13)12(16)15(3)9-11(2)10-17-4/h11,14H,5-10H2,1-4H3/t11-,13+/m0/s1. The first-order valence-electron chi connectivity index (χ1n) is 6.55. The molecule has 0 aromatic carbocycles. The fraction of sp³-hybridized carbons (Fsp3) is 0.923. The molecule has 0 spiro atoms. The molecular formula is C13H26N2O2. The second-order valence-corrected chi connectivity index (χ2v) is 5.21. The number of nitrogens with zero attached hydrogens (tertiary/aromatic N) is 1. The molecule has 4 heteroatoms. The fourth-order valence-electron chi connectivity index (χ4n) is 2.69. The van der Waals surface area contributed by atoms with Crippen molar-refractivity contribution in [3.8, 4) is 0 Å². The van der Waals surface area contributed by atoms with Gasteiger partial charge in [0, 0.05) is 20.7 Å². The molecule has 1 fully saturated rings. The number of likely N-dealkylation sites (N-methyl/N-ethyl adjacent to an activating group) is 1. The van der Waals surface area contributed by atoms with E-state index in [4.69, 9.17) is 4.74 Å². The van der Waals surface area contributed by atoms with Crippen LogP contribution in [0.2, 0.25) is 0 Å². The third-order valence-corrected chi connectivity index (χ3v) is 3.64. The molecule has 0 aromatic heterocycles. The lowest BCUT2D eigenvalue weighted by Gasteiger charge is -2.33. The summed E-state index contributed by atoms with van der Waals surface area (Å²) < 4.78 is 5.11. The average Bonchev–Trinajstić information content (AvgIpc) is 2.78. The van der Waals surface area contributed by atoms with Crippen molar-refractivity contribution < 1.29 is 9.53 Å². The van der Waals surface area contributed by atoms with Gasteiger partial charge in [-0.15, -0.1) is 0 Å². The number of hydrogen-bond donors (Lipinski definition) is 1. The smallest absolute Gasteiger partial charge is 0.242 e. The molecule has 0 radical (unpaired) electrons. The number of carbonyl (C=O) groups excluding carboxylic acids is 1. The Morgan fingerprint density at radius 2 is 2.29 bits per heavy atom. The van der Waals surface area contributed by atoms with Crippen molar-refractivity contribution in [1.82, 2.24) is 10.2 Å². The summed E-state index contributed by atoms with van der Waals surface area (Å²) in [5.41, 5.74) is -0.304. The SMILES string of the molecule is CC[C@]1(C(=O)N(C)C[C@H](C)COC)CCCN1. The van der Waals surface area contributed by atoms with Gasteiger partial charge in [-0.1, -0.05) is 13.8 Å². The van der Waals surface area contributed by atoms with Crippen LogP contribution >= 0.6 is 0 Å². The summed E-state index contributed by atoms with van der Waals surface area (Å²) >= 11 is 0. The van der Waals surface area contributed by atoms with Gasteiger partial charge in [0.2, 0.25) is 5.91 Å². The Kier molecular flexibility index (Phi) is 5.40. The summed E-state index contributed by atoms with van der Waals surface area (Å²) in [5.74, 6) is 0.615. The number of nitrogens with one attached hydrogen (secondary N) is 1. The van der Waals surface area contributed by atoms with Gasteiger partial charge in [0.25, 0.3) is 0 Å². The van der Waals surface area contributed by atoms with E-state index < -0.39 is 0 Å². The Morgan fingerprint density at radius 3 is 2.76 bits per heavy atom. The normalized spacial score (nSPS) is 25.9. The molecule has 17 heavy (non-hydrogen) atoms. The lowest BCUT2D eigenvalue weighted by molar-refractivity contribution is -0.137. The minimum Gasteiger partial charge on any atom is -0.384 e. The maximum Gasteiger partial charge on any atom is 0.242 e. The van der Waals surface area contributed by atoms with E-state index in [0.717, 1.165) is 32.4 Å². The van der Waals surface area contributed by atoms with Crippen LogP contribution < -0.4 is 5.32 Å². The van der Waals surface area contributed by atoms with Crippen molar-refractivity contribution >= 4 is 5.91 Å². The maximum atomic E-state index is 12.5.